The number of carbonyl (C=O) groups excluding carboxylic acids is 1. The molecule has 2 aromatic heterocycles. The fourth-order valence-electron chi connectivity index (χ4n) is 5.26. The van der Waals surface area contributed by atoms with Crippen LogP contribution in [-0.4, -0.2) is 25.5 Å². The zero-order chi connectivity index (χ0) is 24.5. The van der Waals surface area contributed by atoms with Gasteiger partial charge >= 0.3 is 0 Å². The number of unbranched alkanes of at least 4 members (excludes halogenated alkanes) is 1. The molecule has 6 aromatic rings. The number of fused-ring (bicyclic) bond motifs is 4. The molecule has 2 heterocycles. The molecule has 0 fully saturated rings. The summed E-state index contributed by atoms with van der Waals surface area (Å²) in [5.74, 6) is -0.149. The first kappa shape index (κ1) is 22.0. The van der Waals surface area contributed by atoms with Crippen LogP contribution in [0.1, 0.15) is 26.2 Å². The van der Waals surface area contributed by atoms with Gasteiger partial charge in [-0.1, -0.05) is 85.3 Å². The van der Waals surface area contributed by atoms with Gasteiger partial charge in [0, 0.05) is 22.9 Å². The number of amides is 1. The fraction of sp³-hybridized carbons (Fsp3) is 0.167. The van der Waals surface area contributed by atoms with Gasteiger partial charge in [0.2, 0.25) is 5.66 Å². The number of hydrogen-bond acceptors (Lipinski definition) is 3. The van der Waals surface area contributed by atoms with Crippen molar-refractivity contribution >= 4 is 44.4 Å². The van der Waals surface area contributed by atoms with Crippen molar-refractivity contribution in [2.45, 2.75) is 31.8 Å². The number of aromatic nitrogens is 4. The van der Waals surface area contributed by atoms with Crippen molar-refractivity contribution in [1.82, 2.24) is 19.6 Å². The molecule has 4 aromatic carbocycles. The molecule has 0 aliphatic heterocycles. The van der Waals surface area contributed by atoms with Gasteiger partial charge in [0.25, 0.3) is 5.91 Å². The highest BCUT2D eigenvalue weighted by Gasteiger charge is 2.46. The highest BCUT2D eigenvalue weighted by molar-refractivity contribution is 6.10. The van der Waals surface area contributed by atoms with Crippen LogP contribution in [0.4, 0.5) is 5.69 Å². The van der Waals surface area contributed by atoms with Crippen LogP contribution in [0, 0.1) is 0 Å². The Hall–Kier alpha value is -4.45. The summed E-state index contributed by atoms with van der Waals surface area (Å²) in [6, 6.07) is 34.0. The predicted molar refractivity (Wildman–Crippen MR) is 145 cm³/mol. The van der Waals surface area contributed by atoms with Crippen LogP contribution in [0.2, 0.25) is 0 Å². The maximum atomic E-state index is 14.6. The van der Waals surface area contributed by atoms with Gasteiger partial charge in [-0.2, -0.15) is 0 Å². The van der Waals surface area contributed by atoms with E-state index in [1.165, 1.54) is 0 Å². The normalized spacial score (nSPS) is 13.2. The number of anilines is 1. The van der Waals surface area contributed by atoms with Gasteiger partial charge in [-0.3, -0.25) is 4.79 Å². The first-order chi connectivity index (χ1) is 17.7. The lowest BCUT2D eigenvalue weighted by molar-refractivity contribution is -0.126. The van der Waals surface area contributed by atoms with Crippen molar-refractivity contribution in [2.24, 2.45) is 0 Å². The summed E-state index contributed by atoms with van der Waals surface area (Å²) in [5, 5.41) is 14.5. The standard InChI is InChI=1S/C30H27N5O/c1-2-3-21-30(29(36)31-22-13-5-4-6-14-22,35-28-20-12-9-17-25(28)32-33-35)34-26-18-10-7-15-23(26)24-16-8-11-19-27(24)34/h4-20H,2-3,21H2,1H3,(H,31,36). The minimum atomic E-state index is -1.19. The van der Waals surface area contributed by atoms with Gasteiger partial charge in [-0.15, -0.1) is 5.10 Å². The van der Waals surface area contributed by atoms with Crippen LogP contribution in [-0.2, 0) is 10.5 Å². The fourth-order valence-corrected chi connectivity index (χ4v) is 5.26. The molecule has 1 atom stereocenters. The van der Waals surface area contributed by atoms with E-state index in [1.54, 1.807) is 0 Å². The second-order valence-corrected chi connectivity index (χ2v) is 9.10. The highest BCUT2D eigenvalue weighted by Crippen LogP contribution is 2.39. The van der Waals surface area contributed by atoms with E-state index in [4.69, 9.17) is 0 Å². The molecule has 1 amide bonds. The van der Waals surface area contributed by atoms with Gasteiger partial charge < -0.3 is 9.88 Å². The zero-order valence-corrected chi connectivity index (χ0v) is 20.1. The molecule has 6 nitrogen and oxygen atoms in total. The van der Waals surface area contributed by atoms with E-state index in [9.17, 15) is 4.79 Å². The Labute approximate surface area is 209 Å². The van der Waals surface area contributed by atoms with Gasteiger partial charge in [-0.05, 0) is 42.8 Å². The largest absolute Gasteiger partial charge is 0.322 e. The number of nitrogens with zero attached hydrogens (tertiary/aromatic N) is 4. The van der Waals surface area contributed by atoms with Crippen LogP contribution >= 0.6 is 0 Å². The molecular formula is C30H27N5O. The van der Waals surface area contributed by atoms with E-state index >= 15 is 0 Å². The average molecular weight is 474 g/mol. The number of carbonyl (C=O) groups is 1. The van der Waals surface area contributed by atoms with Gasteiger partial charge in [0.1, 0.15) is 5.52 Å². The lowest BCUT2D eigenvalue weighted by Gasteiger charge is -2.36. The number of para-hydroxylation sites is 4. The van der Waals surface area contributed by atoms with Crippen molar-refractivity contribution < 1.29 is 4.79 Å². The smallest absolute Gasteiger partial charge is 0.273 e. The summed E-state index contributed by atoms with van der Waals surface area (Å²) in [6.07, 6.45) is 2.32. The third-order valence-corrected chi connectivity index (χ3v) is 6.93. The number of benzene rings is 4. The molecule has 0 spiro atoms. The number of rotatable bonds is 7. The second kappa shape index (κ2) is 8.96. The van der Waals surface area contributed by atoms with Crippen molar-refractivity contribution in [1.29, 1.82) is 0 Å². The lowest BCUT2D eigenvalue weighted by atomic mass is 9.99. The molecule has 1 N–H and O–H groups in total. The summed E-state index contributed by atoms with van der Waals surface area (Å²) in [4.78, 5) is 14.6. The van der Waals surface area contributed by atoms with Gasteiger partial charge in [0.05, 0.1) is 16.6 Å². The van der Waals surface area contributed by atoms with Crippen LogP contribution in [0.15, 0.2) is 103 Å². The Kier molecular flexibility index (Phi) is 5.49. The Morgan fingerprint density at radius 2 is 1.36 bits per heavy atom. The first-order valence-corrected chi connectivity index (χ1v) is 12.4. The Balaban J connectivity index is 1.73. The van der Waals surface area contributed by atoms with Crippen LogP contribution in [0.3, 0.4) is 0 Å². The van der Waals surface area contributed by atoms with Crippen LogP contribution < -0.4 is 5.32 Å². The summed E-state index contributed by atoms with van der Waals surface area (Å²) in [5.41, 5.74) is 3.10. The Morgan fingerprint density at radius 3 is 2.03 bits per heavy atom. The van der Waals surface area contributed by atoms with Crippen molar-refractivity contribution in [3.63, 3.8) is 0 Å². The van der Waals surface area contributed by atoms with Crippen molar-refractivity contribution in [2.75, 3.05) is 5.32 Å². The Morgan fingerprint density at radius 1 is 0.778 bits per heavy atom. The van der Waals surface area contributed by atoms with Gasteiger partial charge in [-0.25, -0.2) is 4.68 Å². The third kappa shape index (κ3) is 3.37. The first-order valence-electron chi connectivity index (χ1n) is 12.4. The van der Waals surface area contributed by atoms with E-state index in [0.29, 0.717) is 6.42 Å². The molecule has 36 heavy (non-hydrogen) atoms. The number of nitrogens with one attached hydrogen (secondary N) is 1. The molecule has 0 radical (unpaired) electrons. The van der Waals surface area contributed by atoms with Crippen LogP contribution in [0.25, 0.3) is 32.8 Å². The molecule has 1 unspecified atom stereocenters. The lowest BCUT2D eigenvalue weighted by Crippen LogP contribution is -2.52. The van der Waals surface area contributed by atoms with Crippen LogP contribution in [0.5, 0.6) is 0 Å². The predicted octanol–water partition coefficient (Wildman–Crippen LogP) is 6.57. The number of hydrogen-bond donors (Lipinski definition) is 1. The molecule has 6 heteroatoms. The van der Waals surface area contributed by atoms with E-state index < -0.39 is 5.66 Å². The molecule has 0 aliphatic carbocycles. The second-order valence-electron chi connectivity index (χ2n) is 9.10. The summed E-state index contributed by atoms with van der Waals surface area (Å²) in [7, 11) is 0. The molecular weight excluding hydrogens is 446 g/mol. The van der Waals surface area contributed by atoms with E-state index in [-0.39, 0.29) is 5.91 Å². The average Bonchev–Trinajstić information content (AvgIpc) is 3.51. The SMILES string of the molecule is CCCCC(C(=O)Nc1ccccc1)(n1nnc2ccccc21)n1c2ccccc2c2ccccc21. The topological polar surface area (TPSA) is 64.7 Å². The molecule has 0 bridgehead atoms. The van der Waals surface area contributed by atoms with Gasteiger partial charge in [0.15, 0.2) is 0 Å². The minimum absolute atomic E-state index is 0.149. The Bertz CT molecular complexity index is 1630. The molecule has 0 aliphatic rings. The van der Waals surface area contributed by atoms with Crippen molar-refractivity contribution in [3.8, 4) is 0 Å². The van der Waals surface area contributed by atoms with E-state index in [2.05, 4.69) is 51.4 Å². The maximum Gasteiger partial charge on any atom is 0.273 e. The summed E-state index contributed by atoms with van der Waals surface area (Å²) < 4.78 is 4.00. The molecule has 6 rings (SSSR count). The highest BCUT2D eigenvalue weighted by atomic mass is 16.2. The van der Waals surface area contributed by atoms with Crippen molar-refractivity contribution in [3.05, 3.63) is 103 Å². The molecule has 0 saturated carbocycles. The summed E-state index contributed by atoms with van der Waals surface area (Å²) >= 11 is 0. The monoisotopic (exact) mass is 473 g/mol. The molecule has 0 saturated heterocycles. The summed E-state index contributed by atoms with van der Waals surface area (Å²) in [6.45, 7) is 2.14. The third-order valence-electron chi connectivity index (χ3n) is 6.93. The minimum Gasteiger partial charge on any atom is -0.322 e. The molecule has 178 valence electrons. The zero-order valence-electron chi connectivity index (χ0n) is 20.1. The van der Waals surface area contributed by atoms with E-state index in [1.807, 2.05) is 83.5 Å². The maximum absolute atomic E-state index is 14.6. The quantitative estimate of drug-likeness (QED) is 0.285. The van der Waals surface area contributed by atoms with E-state index in [0.717, 1.165) is 51.4 Å².